The third kappa shape index (κ3) is 5.05. The highest BCUT2D eigenvalue weighted by Gasteiger charge is 2.16. The molecule has 6 heteroatoms. The third-order valence-electron chi connectivity index (χ3n) is 2.12. The van der Waals surface area contributed by atoms with E-state index < -0.39 is 23.3 Å². The molecule has 1 aromatic rings. The molecule has 0 spiro atoms. The topological polar surface area (TPSA) is 75.6 Å². The smallest absolute Gasteiger partial charge is 0.337 e. The molecule has 0 radical (unpaired) electrons. The van der Waals surface area contributed by atoms with E-state index in [2.05, 4.69) is 5.32 Å². The number of ether oxygens (including phenoxy) is 1. The molecule has 0 aliphatic heterocycles. The fourth-order valence-corrected chi connectivity index (χ4v) is 1.27. The molecule has 19 heavy (non-hydrogen) atoms. The maximum Gasteiger partial charge on any atom is 0.337 e. The van der Waals surface area contributed by atoms with E-state index in [1.54, 1.807) is 20.8 Å². The fraction of sp³-hybridized carbons (Fsp3) is 0.385. The van der Waals surface area contributed by atoms with Gasteiger partial charge in [-0.1, -0.05) is 0 Å². The molecule has 0 aliphatic rings. The molecule has 0 saturated heterocycles. The monoisotopic (exact) mass is 269 g/mol. The Morgan fingerprint density at radius 3 is 2.53 bits per heavy atom. The number of carboxylic acids is 1. The second-order valence-corrected chi connectivity index (χ2v) is 4.94. The quantitative estimate of drug-likeness (QED) is 0.879. The van der Waals surface area contributed by atoms with E-state index in [0.29, 0.717) is 0 Å². The summed E-state index contributed by atoms with van der Waals surface area (Å²) in [5.41, 5.74) is -0.740. The van der Waals surface area contributed by atoms with Crippen LogP contribution in [0.25, 0.3) is 0 Å². The van der Waals surface area contributed by atoms with Crippen molar-refractivity contribution in [3.63, 3.8) is 0 Å². The molecule has 0 fully saturated rings. The van der Waals surface area contributed by atoms with Gasteiger partial charge in [-0.25, -0.2) is 9.18 Å². The number of halogens is 1. The molecular formula is C13H16FNO4. The van der Waals surface area contributed by atoms with Gasteiger partial charge in [0.1, 0.15) is 12.4 Å². The number of carbonyl (C=O) groups excluding carboxylic acids is 1. The summed E-state index contributed by atoms with van der Waals surface area (Å²) in [5.74, 6) is -2.49. The van der Waals surface area contributed by atoms with Crippen LogP contribution in [0.2, 0.25) is 0 Å². The molecule has 1 amide bonds. The lowest BCUT2D eigenvalue weighted by Crippen LogP contribution is -2.27. The van der Waals surface area contributed by atoms with Gasteiger partial charge in [0.25, 0.3) is 0 Å². The predicted molar refractivity (Wildman–Crippen MR) is 67.7 cm³/mol. The largest absolute Gasteiger partial charge is 0.478 e. The molecule has 1 aromatic carbocycles. The van der Waals surface area contributed by atoms with E-state index in [-0.39, 0.29) is 17.9 Å². The zero-order valence-corrected chi connectivity index (χ0v) is 11.0. The first-order chi connectivity index (χ1) is 8.69. The Labute approximate surface area is 110 Å². The molecular weight excluding hydrogens is 253 g/mol. The van der Waals surface area contributed by atoms with Crippen molar-refractivity contribution >= 4 is 17.6 Å². The van der Waals surface area contributed by atoms with E-state index in [9.17, 15) is 14.0 Å². The van der Waals surface area contributed by atoms with E-state index >= 15 is 0 Å². The minimum atomic E-state index is -1.31. The number of rotatable bonds is 4. The van der Waals surface area contributed by atoms with Gasteiger partial charge in [-0.3, -0.25) is 4.79 Å². The fourth-order valence-electron chi connectivity index (χ4n) is 1.27. The van der Waals surface area contributed by atoms with Crippen molar-refractivity contribution in [2.24, 2.45) is 0 Å². The van der Waals surface area contributed by atoms with Crippen molar-refractivity contribution in [3.8, 4) is 0 Å². The van der Waals surface area contributed by atoms with Crippen molar-refractivity contribution in [2.45, 2.75) is 26.4 Å². The summed E-state index contributed by atoms with van der Waals surface area (Å²) in [5, 5.41) is 11.3. The van der Waals surface area contributed by atoms with Gasteiger partial charge in [0.2, 0.25) is 5.91 Å². The minimum absolute atomic E-state index is 0.0383. The number of aromatic carboxylic acids is 1. The summed E-state index contributed by atoms with van der Waals surface area (Å²) in [6.07, 6.45) is 0. The highest BCUT2D eigenvalue weighted by Crippen LogP contribution is 2.17. The normalized spacial score (nSPS) is 11.2. The molecule has 2 N–H and O–H groups in total. The Morgan fingerprint density at radius 1 is 1.37 bits per heavy atom. The lowest BCUT2D eigenvalue weighted by atomic mass is 10.1. The van der Waals surface area contributed by atoms with Crippen LogP contribution < -0.4 is 5.32 Å². The van der Waals surface area contributed by atoms with Gasteiger partial charge in [0.15, 0.2) is 0 Å². The van der Waals surface area contributed by atoms with Crippen LogP contribution in [0.3, 0.4) is 0 Å². The molecule has 0 aliphatic carbocycles. The van der Waals surface area contributed by atoms with Gasteiger partial charge in [-0.05, 0) is 39.0 Å². The van der Waals surface area contributed by atoms with E-state index in [1.165, 1.54) is 6.07 Å². The SMILES string of the molecule is CC(C)(C)OCC(=O)Nc1ccc(F)cc1C(=O)O. The van der Waals surface area contributed by atoms with Gasteiger partial charge in [-0.15, -0.1) is 0 Å². The van der Waals surface area contributed by atoms with Crippen LogP contribution in [0, 0.1) is 5.82 Å². The van der Waals surface area contributed by atoms with E-state index in [0.717, 1.165) is 12.1 Å². The number of benzene rings is 1. The lowest BCUT2D eigenvalue weighted by Gasteiger charge is -2.19. The molecule has 0 atom stereocenters. The van der Waals surface area contributed by atoms with Crippen LogP contribution in [-0.2, 0) is 9.53 Å². The van der Waals surface area contributed by atoms with Gasteiger partial charge in [0, 0.05) is 0 Å². The summed E-state index contributed by atoms with van der Waals surface area (Å²) in [7, 11) is 0. The van der Waals surface area contributed by atoms with E-state index in [4.69, 9.17) is 9.84 Å². The van der Waals surface area contributed by atoms with Crippen molar-refractivity contribution in [1.29, 1.82) is 0 Å². The van der Waals surface area contributed by atoms with Crippen LogP contribution in [0.4, 0.5) is 10.1 Å². The summed E-state index contributed by atoms with van der Waals surface area (Å²) in [4.78, 5) is 22.5. The second-order valence-electron chi connectivity index (χ2n) is 4.94. The molecule has 0 unspecified atom stereocenters. The summed E-state index contributed by atoms with van der Waals surface area (Å²) in [6, 6.07) is 3.13. The van der Waals surface area contributed by atoms with Crippen LogP contribution in [0.15, 0.2) is 18.2 Å². The molecule has 0 aromatic heterocycles. The Kier molecular flexibility index (Phi) is 4.61. The summed E-state index contributed by atoms with van der Waals surface area (Å²) >= 11 is 0. The number of hydrogen-bond acceptors (Lipinski definition) is 3. The molecule has 104 valence electrons. The number of amides is 1. The Balaban J connectivity index is 2.77. The molecule has 5 nitrogen and oxygen atoms in total. The lowest BCUT2D eigenvalue weighted by molar-refractivity contribution is -0.125. The van der Waals surface area contributed by atoms with Crippen LogP contribution in [0.5, 0.6) is 0 Å². The highest BCUT2D eigenvalue weighted by atomic mass is 19.1. The molecule has 0 bridgehead atoms. The Morgan fingerprint density at radius 2 is 2.00 bits per heavy atom. The van der Waals surface area contributed by atoms with Gasteiger partial charge >= 0.3 is 5.97 Å². The number of carboxylic acid groups (broad SMARTS) is 1. The zero-order chi connectivity index (χ0) is 14.6. The molecule has 0 saturated carbocycles. The van der Waals surface area contributed by atoms with Crippen molar-refractivity contribution in [2.75, 3.05) is 11.9 Å². The van der Waals surface area contributed by atoms with Crippen LogP contribution >= 0.6 is 0 Å². The van der Waals surface area contributed by atoms with Crippen LogP contribution in [-0.4, -0.2) is 29.2 Å². The number of anilines is 1. The van der Waals surface area contributed by atoms with Crippen LogP contribution in [0.1, 0.15) is 31.1 Å². The van der Waals surface area contributed by atoms with Gasteiger partial charge < -0.3 is 15.2 Å². The first kappa shape index (κ1) is 15.1. The first-order valence-electron chi connectivity index (χ1n) is 5.66. The number of hydrogen-bond donors (Lipinski definition) is 2. The van der Waals surface area contributed by atoms with Crippen molar-refractivity contribution in [1.82, 2.24) is 0 Å². The Hall–Kier alpha value is -1.95. The minimum Gasteiger partial charge on any atom is -0.478 e. The summed E-state index contributed by atoms with van der Waals surface area (Å²) in [6.45, 7) is 5.17. The predicted octanol–water partition coefficient (Wildman–Crippen LogP) is 2.28. The number of carbonyl (C=O) groups is 2. The highest BCUT2D eigenvalue weighted by molar-refractivity contribution is 6.00. The molecule has 1 rings (SSSR count). The maximum absolute atomic E-state index is 12.9. The maximum atomic E-state index is 12.9. The van der Waals surface area contributed by atoms with Gasteiger partial charge in [0.05, 0.1) is 16.9 Å². The third-order valence-corrected chi connectivity index (χ3v) is 2.12. The zero-order valence-electron chi connectivity index (χ0n) is 11.0. The summed E-state index contributed by atoms with van der Waals surface area (Å²) < 4.78 is 18.2. The van der Waals surface area contributed by atoms with Crippen molar-refractivity contribution in [3.05, 3.63) is 29.6 Å². The van der Waals surface area contributed by atoms with E-state index in [1.807, 2.05) is 0 Å². The van der Waals surface area contributed by atoms with Crippen molar-refractivity contribution < 1.29 is 23.8 Å². The average molecular weight is 269 g/mol. The second kappa shape index (κ2) is 5.79. The number of nitrogens with one attached hydrogen (secondary N) is 1. The van der Waals surface area contributed by atoms with Gasteiger partial charge in [-0.2, -0.15) is 0 Å². The first-order valence-corrected chi connectivity index (χ1v) is 5.66. The Bertz CT molecular complexity index is 494. The standard InChI is InChI=1S/C13H16FNO4/c1-13(2,3)19-7-11(16)15-10-5-4-8(14)6-9(10)12(17)18/h4-6H,7H2,1-3H3,(H,15,16)(H,17,18). The molecule has 0 heterocycles. The average Bonchev–Trinajstić information content (AvgIpc) is 2.28.